The highest BCUT2D eigenvalue weighted by Gasteiger charge is 2.37. The van der Waals surface area contributed by atoms with E-state index in [2.05, 4.69) is 49.1 Å². The van der Waals surface area contributed by atoms with E-state index in [0.29, 0.717) is 24.7 Å². The van der Waals surface area contributed by atoms with Crippen LogP contribution in [0.3, 0.4) is 0 Å². The monoisotopic (exact) mass is 401 g/mol. The number of benzene rings is 1. The summed E-state index contributed by atoms with van der Waals surface area (Å²) in [5, 5.41) is 3.02. The molecule has 0 aliphatic rings. The molecule has 1 N–H and O–H groups in total. The lowest BCUT2D eigenvalue weighted by Gasteiger charge is -2.36. The lowest BCUT2D eigenvalue weighted by molar-refractivity contribution is 0.0945. The first-order valence-corrected chi connectivity index (χ1v) is 12.3. The van der Waals surface area contributed by atoms with E-state index in [1.54, 1.807) is 20.1 Å². The largest absolute Gasteiger partial charge is 0.497 e. The number of hydrogen-bond acceptors (Lipinski definition) is 5. The topological polar surface area (TPSA) is 73.3 Å². The Morgan fingerprint density at radius 2 is 1.79 bits per heavy atom. The molecule has 1 heterocycles. The summed E-state index contributed by atoms with van der Waals surface area (Å²) >= 11 is 0. The Labute approximate surface area is 168 Å². The van der Waals surface area contributed by atoms with Crippen LogP contribution in [0.15, 0.2) is 30.3 Å². The minimum Gasteiger partial charge on any atom is -0.497 e. The molecule has 2 rings (SSSR count). The van der Waals surface area contributed by atoms with E-state index in [1.807, 2.05) is 24.3 Å². The molecule has 0 aliphatic carbocycles. The van der Waals surface area contributed by atoms with Gasteiger partial charge >= 0.3 is 0 Å². The summed E-state index contributed by atoms with van der Waals surface area (Å²) in [6.45, 7) is 13.6. The van der Waals surface area contributed by atoms with Gasteiger partial charge < -0.3 is 14.5 Å². The van der Waals surface area contributed by atoms with Crippen molar-refractivity contribution in [1.29, 1.82) is 0 Å². The van der Waals surface area contributed by atoms with Gasteiger partial charge in [-0.3, -0.25) is 4.79 Å². The molecule has 0 bridgehead atoms. The molecule has 6 nitrogen and oxygen atoms in total. The van der Waals surface area contributed by atoms with Gasteiger partial charge in [0.1, 0.15) is 17.3 Å². The van der Waals surface area contributed by atoms with Crippen LogP contribution in [-0.2, 0) is 17.6 Å². The van der Waals surface area contributed by atoms with Gasteiger partial charge in [-0.1, -0.05) is 32.9 Å². The highest BCUT2D eigenvalue weighted by atomic mass is 28.4. The lowest BCUT2D eigenvalue weighted by atomic mass is 10.2. The predicted octanol–water partition coefficient (Wildman–Crippen LogP) is 4.25. The maximum absolute atomic E-state index is 12.5. The Morgan fingerprint density at radius 3 is 2.36 bits per heavy atom. The SMILES string of the molecule is COc1ccc(CNC(=O)c2cc(CO[Si](C)(C)C(C)(C)C)nc(C)n2)cc1. The summed E-state index contributed by atoms with van der Waals surface area (Å²) in [6, 6.07) is 9.29. The number of carbonyl (C=O) groups excluding carboxylic acids is 1. The first-order chi connectivity index (χ1) is 13.0. The van der Waals surface area contributed by atoms with Crippen LogP contribution in [0.1, 0.15) is 48.3 Å². The predicted molar refractivity (Wildman–Crippen MR) is 113 cm³/mol. The molecule has 28 heavy (non-hydrogen) atoms. The molecule has 0 radical (unpaired) electrons. The Morgan fingerprint density at radius 1 is 1.14 bits per heavy atom. The number of rotatable bonds is 7. The van der Waals surface area contributed by atoms with Crippen LogP contribution in [0.2, 0.25) is 18.1 Å². The Bertz CT molecular complexity index is 815. The van der Waals surface area contributed by atoms with Crippen LogP contribution in [-0.4, -0.2) is 31.3 Å². The Hall–Kier alpha value is -2.25. The average molecular weight is 402 g/mol. The van der Waals surface area contributed by atoms with E-state index in [4.69, 9.17) is 9.16 Å². The molecular formula is C21H31N3O3Si. The molecule has 0 fully saturated rings. The lowest BCUT2D eigenvalue weighted by Crippen LogP contribution is -2.40. The molecule has 0 spiro atoms. The average Bonchev–Trinajstić information content (AvgIpc) is 2.63. The molecule has 1 amide bonds. The second kappa shape index (κ2) is 8.83. The Balaban J connectivity index is 2.03. The van der Waals surface area contributed by atoms with Crippen LogP contribution in [0.4, 0.5) is 0 Å². The smallest absolute Gasteiger partial charge is 0.270 e. The van der Waals surface area contributed by atoms with Gasteiger partial charge in [-0.25, -0.2) is 9.97 Å². The Kier molecular flexibility index (Phi) is 6.95. The van der Waals surface area contributed by atoms with Gasteiger partial charge in [-0.2, -0.15) is 0 Å². The molecule has 152 valence electrons. The zero-order chi connectivity index (χ0) is 20.9. The maximum atomic E-state index is 12.5. The van der Waals surface area contributed by atoms with Crippen molar-refractivity contribution in [2.45, 2.75) is 59.0 Å². The van der Waals surface area contributed by atoms with Crippen molar-refractivity contribution < 1.29 is 14.0 Å². The van der Waals surface area contributed by atoms with Gasteiger partial charge in [-0.15, -0.1) is 0 Å². The fourth-order valence-corrected chi connectivity index (χ4v) is 3.25. The zero-order valence-electron chi connectivity index (χ0n) is 17.9. The van der Waals surface area contributed by atoms with Gasteiger partial charge in [0.15, 0.2) is 8.32 Å². The first-order valence-electron chi connectivity index (χ1n) is 9.41. The molecule has 1 aromatic heterocycles. The summed E-state index contributed by atoms with van der Waals surface area (Å²) in [5.41, 5.74) is 2.07. The van der Waals surface area contributed by atoms with E-state index >= 15 is 0 Å². The molecule has 0 saturated carbocycles. The third-order valence-corrected chi connectivity index (χ3v) is 9.60. The van der Waals surface area contributed by atoms with Gasteiger partial charge in [0.25, 0.3) is 5.91 Å². The van der Waals surface area contributed by atoms with Crippen molar-refractivity contribution in [2.75, 3.05) is 7.11 Å². The summed E-state index contributed by atoms with van der Waals surface area (Å²) in [5.74, 6) is 1.12. The summed E-state index contributed by atoms with van der Waals surface area (Å²) < 4.78 is 11.4. The van der Waals surface area contributed by atoms with Crippen molar-refractivity contribution in [1.82, 2.24) is 15.3 Å². The molecule has 0 atom stereocenters. The molecule has 7 heteroatoms. The van der Waals surface area contributed by atoms with E-state index in [9.17, 15) is 4.79 Å². The van der Waals surface area contributed by atoms with E-state index in [-0.39, 0.29) is 10.9 Å². The minimum absolute atomic E-state index is 0.119. The standard InChI is InChI=1S/C21H31N3O3Si/c1-15-23-17(14-27-28(6,7)21(2,3)4)12-19(24-15)20(25)22-13-16-8-10-18(26-5)11-9-16/h8-12H,13-14H2,1-7H3,(H,22,25). The number of amides is 1. The van der Waals surface area contributed by atoms with Crippen molar-refractivity contribution in [3.63, 3.8) is 0 Å². The molecule has 2 aromatic rings. The zero-order valence-corrected chi connectivity index (χ0v) is 18.9. The van der Waals surface area contributed by atoms with Gasteiger partial charge in [0.05, 0.1) is 19.4 Å². The second-order valence-electron chi connectivity index (χ2n) is 8.37. The molecule has 0 saturated heterocycles. The minimum atomic E-state index is -1.89. The highest BCUT2D eigenvalue weighted by Crippen LogP contribution is 2.36. The molecule has 1 aromatic carbocycles. The van der Waals surface area contributed by atoms with Gasteiger partial charge in [0.2, 0.25) is 0 Å². The third-order valence-electron chi connectivity index (χ3n) is 5.12. The molecule has 0 unspecified atom stereocenters. The third kappa shape index (κ3) is 5.87. The first kappa shape index (κ1) is 22.0. The quantitative estimate of drug-likeness (QED) is 0.702. The fraction of sp³-hybridized carbons (Fsp3) is 0.476. The van der Waals surface area contributed by atoms with Crippen LogP contribution >= 0.6 is 0 Å². The van der Waals surface area contributed by atoms with Crippen LogP contribution in [0.25, 0.3) is 0 Å². The second-order valence-corrected chi connectivity index (χ2v) is 13.2. The number of nitrogens with one attached hydrogen (secondary N) is 1. The fourth-order valence-electron chi connectivity index (χ4n) is 2.31. The summed E-state index contributed by atoms with van der Waals surface area (Å²) in [4.78, 5) is 21.3. The molecule has 0 aliphatic heterocycles. The summed E-state index contributed by atoms with van der Waals surface area (Å²) in [7, 11) is -0.262. The number of aryl methyl sites for hydroxylation is 1. The van der Waals surface area contributed by atoms with Crippen molar-refractivity contribution >= 4 is 14.2 Å². The number of ether oxygens (including phenoxy) is 1. The van der Waals surface area contributed by atoms with E-state index < -0.39 is 8.32 Å². The van der Waals surface area contributed by atoms with Crippen molar-refractivity contribution in [2.24, 2.45) is 0 Å². The number of aromatic nitrogens is 2. The van der Waals surface area contributed by atoms with Gasteiger partial charge in [0, 0.05) is 6.54 Å². The van der Waals surface area contributed by atoms with Crippen LogP contribution in [0.5, 0.6) is 5.75 Å². The molecular weight excluding hydrogens is 370 g/mol. The van der Waals surface area contributed by atoms with Crippen molar-refractivity contribution in [3.8, 4) is 5.75 Å². The normalized spacial score (nSPS) is 12.0. The van der Waals surface area contributed by atoms with E-state index in [0.717, 1.165) is 17.0 Å². The maximum Gasteiger partial charge on any atom is 0.270 e. The van der Waals surface area contributed by atoms with Crippen LogP contribution < -0.4 is 10.1 Å². The number of carbonyl (C=O) groups is 1. The summed E-state index contributed by atoms with van der Waals surface area (Å²) in [6.07, 6.45) is 0. The number of hydrogen-bond donors (Lipinski definition) is 1. The van der Waals surface area contributed by atoms with Gasteiger partial charge in [-0.05, 0) is 48.8 Å². The number of nitrogens with zero attached hydrogens (tertiary/aromatic N) is 2. The highest BCUT2D eigenvalue weighted by molar-refractivity contribution is 6.74. The number of methoxy groups -OCH3 is 1. The van der Waals surface area contributed by atoms with E-state index in [1.165, 1.54) is 0 Å². The van der Waals surface area contributed by atoms with Crippen LogP contribution in [0, 0.1) is 6.92 Å². The van der Waals surface area contributed by atoms with Crippen molar-refractivity contribution in [3.05, 3.63) is 53.1 Å².